The van der Waals surface area contributed by atoms with E-state index < -0.39 is 29.5 Å². The summed E-state index contributed by atoms with van der Waals surface area (Å²) in [4.78, 5) is 0. The quantitative estimate of drug-likeness (QED) is 0.353. The number of rotatable bonds is 8. The Kier molecular flexibility index (Phi) is 13.3. The minimum absolute atomic E-state index is 0.927. The van der Waals surface area contributed by atoms with E-state index in [0.717, 1.165) is 12.5 Å². The van der Waals surface area contributed by atoms with Gasteiger partial charge in [0.2, 0.25) is 0 Å². The predicted octanol–water partition coefficient (Wildman–Crippen LogP) is 3.74. The fourth-order valence-electron chi connectivity index (χ4n) is 1.32. The Morgan fingerprint density at radius 2 is 1.22 bits per heavy atom. The van der Waals surface area contributed by atoms with Gasteiger partial charge >= 0.3 is 40.9 Å². The zero-order chi connectivity index (χ0) is 14.7. The van der Waals surface area contributed by atoms with Crippen LogP contribution in [0.5, 0.6) is 0 Å². The van der Waals surface area contributed by atoms with Crippen molar-refractivity contribution in [2.24, 2.45) is 0 Å². The SMILES string of the molecule is CCCCCC[Si](OC)(OC)OC.[F][Sn]([F])([F])[F]. The molecule has 0 aliphatic rings. The summed E-state index contributed by atoms with van der Waals surface area (Å²) in [6.07, 6.45) is 4.90. The monoisotopic (exact) mass is 402 g/mol. The number of halogens is 4. The molecule has 18 heavy (non-hydrogen) atoms. The van der Waals surface area contributed by atoms with Gasteiger partial charge in [0.05, 0.1) is 0 Å². The van der Waals surface area contributed by atoms with Gasteiger partial charge in [-0.2, -0.15) is 0 Å². The van der Waals surface area contributed by atoms with Crippen LogP contribution in [0.3, 0.4) is 0 Å². The average Bonchev–Trinajstić information content (AvgIpc) is 2.28. The average molecular weight is 401 g/mol. The molecule has 112 valence electrons. The van der Waals surface area contributed by atoms with Crippen LogP contribution < -0.4 is 0 Å². The molecule has 9 heteroatoms. The van der Waals surface area contributed by atoms with E-state index in [1.54, 1.807) is 21.3 Å². The van der Waals surface area contributed by atoms with Gasteiger partial charge in [-0.3, -0.25) is 0 Å². The van der Waals surface area contributed by atoms with Crippen molar-refractivity contribution >= 4 is 29.5 Å². The molecular formula is C9H22F4O3SiSn. The molecule has 0 atom stereocenters. The summed E-state index contributed by atoms with van der Waals surface area (Å²) in [6, 6.07) is 0.927. The van der Waals surface area contributed by atoms with Gasteiger partial charge in [0.1, 0.15) is 0 Å². The Morgan fingerprint density at radius 1 is 0.833 bits per heavy atom. The normalized spacial score (nSPS) is 12.0. The van der Waals surface area contributed by atoms with Crippen LogP contribution in [0.2, 0.25) is 6.04 Å². The van der Waals surface area contributed by atoms with Crippen molar-refractivity contribution in [1.82, 2.24) is 0 Å². The maximum absolute atomic E-state index is 9.90. The van der Waals surface area contributed by atoms with Crippen molar-refractivity contribution < 1.29 is 24.7 Å². The first-order valence-electron chi connectivity index (χ1n) is 5.65. The van der Waals surface area contributed by atoms with Gasteiger partial charge in [-0.1, -0.05) is 26.2 Å². The Morgan fingerprint density at radius 3 is 1.50 bits per heavy atom. The molecule has 0 bridgehead atoms. The molecule has 0 N–H and O–H groups in total. The summed E-state index contributed by atoms with van der Waals surface area (Å²) in [5.74, 6) is 0. The molecule has 0 radical (unpaired) electrons. The van der Waals surface area contributed by atoms with Crippen LogP contribution in [-0.4, -0.2) is 50.8 Å². The van der Waals surface area contributed by atoms with Crippen LogP contribution >= 0.6 is 0 Å². The van der Waals surface area contributed by atoms with Gasteiger partial charge in [0, 0.05) is 27.4 Å². The first-order chi connectivity index (χ1) is 8.24. The second-order valence-electron chi connectivity index (χ2n) is 3.53. The molecule has 0 spiro atoms. The van der Waals surface area contributed by atoms with Crippen LogP contribution in [0.25, 0.3) is 0 Å². The summed E-state index contributed by atoms with van der Waals surface area (Å²) < 4.78 is 55.5. The standard InChI is InChI=1S/C9H22O3Si.4FH.Sn/c1-5-6-7-8-9-13(10-2,11-3)12-4;;;;;/h5-9H2,1-4H3;4*1H;/q;;;;;+4/p-4. The number of hydrogen-bond acceptors (Lipinski definition) is 3. The number of hydrogen-bond donors (Lipinski definition) is 0. The molecule has 0 aliphatic heterocycles. The third kappa shape index (κ3) is 14.7. The van der Waals surface area contributed by atoms with Crippen molar-refractivity contribution in [1.29, 1.82) is 0 Å². The zero-order valence-electron chi connectivity index (χ0n) is 11.3. The molecule has 0 aliphatic carbocycles. The van der Waals surface area contributed by atoms with Gasteiger partial charge in [-0.25, -0.2) is 0 Å². The molecule has 0 unspecified atom stereocenters. The molecule has 0 heterocycles. The van der Waals surface area contributed by atoms with Crippen molar-refractivity contribution in [2.75, 3.05) is 21.3 Å². The van der Waals surface area contributed by atoms with Crippen LogP contribution in [0.4, 0.5) is 11.5 Å². The predicted molar refractivity (Wildman–Crippen MR) is 65.9 cm³/mol. The number of unbranched alkanes of at least 4 members (excludes halogenated alkanes) is 3. The zero-order valence-corrected chi connectivity index (χ0v) is 15.1. The van der Waals surface area contributed by atoms with E-state index in [2.05, 4.69) is 6.92 Å². The van der Waals surface area contributed by atoms with Crippen LogP contribution in [-0.2, 0) is 13.3 Å². The molecule has 3 nitrogen and oxygen atoms in total. The summed E-state index contributed by atoms with van der Waals surface area (Å²) in [6.45, 7) is 2.20. The molecular weight excluding hydrogens is 379 g/mol. The molecule has 0 fully saturated rings. The molecule has 0 rings (SSSR count). The molecule has 0 saturated heterocycles. The summed E-state index contributed by atoms with van der Waals surface area (Å²) in [5.41, 5.74) is 0. The molecule has 0 aromatic carbocycles. The summed E-state index contributed by atoms with van der Waals surface area (Å²) in [5, 5.41) is 0. The minimum atomic E-state index is -7.18. The maximum atomic E-state index is 9.90. The fourth-order valence-corrected chi connectivity index (χ4v) is 3.12. The Labute approximate surface area is 114 Å². The molecule has 0 aromatic heterocycles. The van der Waals surface area contributed by atoms with Gasteiger partial charge in [-0.15, -0.1) is 0 Å². The fraction of sp³-hybridized carbons (Fsp3) is 1.00. The summed E-state index contributed by atoms with van der Waals surface area (Å²) >= 11 is -7.18. The molecule has 0 amide bonds. The molecule has 0 saturated carbocycles. The Bertz CT molecular complexity index is 177. The third-order valence-electron chi connectivity index (χ3n) is 2.27. The van der Waals surface area contributed by atoms with Crippen LogP contribution in [0.1, 0.15) is 32.6 Å². The van der Waals surface area contributed by atoms with E-state index >= 15 is 0 Å². The van der Waals surface area contributed by atoms with Gasteiger partial charge in [-0.05, 0) is 6.42 Å². The van der Waals surface area contributed by atoms with Crippen LogP contribution in [0, 0.1) is 0 Å². The van der Waals surface area contributed by atoms with Gasteiger partial charge in [0.25, 0.3) is 0 Å². The second kappa shape index (κ2) is 11.4. The van der Waals surface area contributed by atoms with E-state index in [-0.39, 0.29) is 0 Å². The topological polar surface area (TPSA) is 27.7 Å². The van der Waals surface area contributed by atoms with Crippen molar-refractivity contribution in [3.63, 3.8) is 0 Å². The van der Waals surface area contributed by atoms with Gasteiger partial charge < -0.3 is 13.3 Å². The molecule has 0 aromatic rings. The van der Waals surface area contributed by atoms with E-state index in [4.69, 9.17) is 13.3 Å². The van der Waals surface area contributed by atoms with Crippen molar-refractivity contribution in [3.8, 4) is 0 Å². The van der Waals surface area contributed by atoms with Gasteiger partial charge in [0.15, 0.2) is 0 Å². The Hall–Kier alpha value is 0.616. The third-order valence-corrected chi connectivity index (χ3v) is 5.10. The first kappa shape index (κ1) is 20.9. The summed E-state index contributed by atoms with van der Waals surface area (Å²) in [7, 11) is 2.73. The van der Waals surface area contributed by atoms with Crippen molar-refractivity contribution in [3.05, 3.63) is 0 Å². The van der Waals surface area contributed by atoms with E-state index in [1.165, 1.54) is 19.3 Å². The van der Waals surface area contributed by atoms with E-state index in [9.17, 15) is 11.5 Å². The van der Waals surface area contributed by atoms with Crippen LogP contribution in [0.15, 0.2) is 0 Å². The van der Waals surface area contributed by atoms with E-state index in [0.29, 0.717) is 0 Å². The van der Waals surface area contributed by atoms with Crippen molar-refractivity contribution in [2.45, 2.75) is 38.7 Å². The first-order valence-corrected chi connectivity index (χ1v) is 11.9. The Balaban J connectivity index is 0. The van der Waals surface area contributed by atoms with E-state index in [1.807, 2.05) is 0 Å². The second-order valence-corrected chi connectivity index (χ2v) is 9.07.